The van der Waals surface area contributed by atoms with Crippen LogP contribution in [-0.4, -0.2) is 41.4 Å². The molecule has 0 bridgehead atoms. The van der Waals surface area contributed by atoms with Gasteiger partial charge in [-0.3, -0.25) is 4.68 Å². The molecule has 1 unspecified atom stereocenters. The van der Waals surface area contributed by atoms with Crippen molar-refractivity contribution in [3.05, 3.63) is 18.0 Å². The monoisotopic (exact) mass is 196 g/mol. The van der Waals surface area contributed by atoms with Crippen molar-refractivity contribution in [3.8, 4) is 0 Å². The zero-order chi connectivity index (χ0) is 10.6. The molecule has 0 aliphatic carbocycles. The van der Waals surface area contributed by atoms with Crippen LogP contribution in [0.4, 0.5) is 0 Å². The fraction of sp³-hybridized carbons (Fsp3) is 0.700. The second-order valence-corrected chi connectivity index (χ2v) is 3.97. The molecule has 0 aliphatic heterocycles. The van der Waals surface area contributed by atoms with Gasteiger partial charge in [0.1, 0.15) is 0 Å². The van der Waals surface area contributed by atoms with E-state index in [0.717, 1.165) is 13.1 Å². The molecule has 80 valence electrons. The number of nitrogens with one attached hydrogen (secondary N) is 1. The lowest BCUT2D eigenvalue weighted by Crippen LogP contribution is -2.35. The predicted octanol–water partition coefficient (Wildman–Crippen LogP) is 0.460. The Labute approximate surface area is 85.9 Å². The maximum atomic E-state index is 4.12. The van der Waals surface area contributed by atoms with Crippen molar-refractivity contribution < 1.29 is 0 Å². The minimum Gasteiger partial charge on any atom is -0.311 e. The van der Waals surface area contributed by atoms with E-state index in [1.165, 1.54) is 5.56 Å². The molecule has 0 aliphatic rings. The summed E-state index contributed by atoms with van der Waals surface area (Å²) < 4.78 is 1.83. The molecular formula is C10H20N4. The molecule has 1 N–H and O–H groups in total. The Morgan fingerprint density at radius 2 is 2.29 bits per heavy atom. The second-order valence-electron chi connectivity index (χ2n) is 3.97. The smallest absolute Gasteiger partial charge is 0.0534 e. The van der Waals surface area contributed by atoms with Gasteiger partial charge in [0.2, 0.25) is 0 Å². The first-order valence-electron chi connectivity index (χ1n) is 4.94. The van der Waals surface area contributed by atoms with Gasteiger partial charge in [0.25, 0.3) is 0 Å². The number of likely N-dealkylation sites (N-methyl/N-ethyl adjacent to an activating group) is 1. The van der Waals surface area contributed by atoms with E-state index in [2.05, 4.69) is 36.3 Å². The fourth-order valence-corrected chi connectivity index (χ4v) is 1.17. The van der Waals surface area contributed by atoms with Crippen molar-refractivity contribution in [1.29, 1.82) is 0 Å². The van der Waals surface area contributed by atoms with Crippen molar-refractivity contribution in [1.82, 2.24) is 20.0 Å². The van der Waals surface area contributed by atoms with E-state index in [1.54, 1.807) is 0 Å². The van der Waals surface area contributed by atoms with Gasteiger partial charge in [0, 0.05) is 37.9 Å². The molecule has 0 amide bonds. The molecule has 4 heteroatoms. The average molecular weight is 196 g/mol. The van der Waals surface area contributed by atoms with Crippen molar-refractivity contribution in [2.75, 3.05) is 20.6 Å². The van der Waals surface area contributed by atoms with Gasteiger partial charge in [-0.1, -0.05) is 0 Å². The number of nitrogens with zero attached hydrogens (tertiary/aromatic N) is 3. The minimum atomic E-state index is 0.562. The molecule has 1 heterocycles. The van der Waals surface area contributed by atoms with Crippen LogP contribution in [0, 0.1) is 0 Å². The third-order valence-corrected chi connectivity index (χ3v) is 2.41. The maximum absolute atomic E-state index is 4.12. The Morgan fingerprint density at radius 1 is 1.57 bits per heavy atom. The van der Waals surface area contributed by atoms with Gasteiger partial charge in [-0.25, -0.2) is 0 Å². The summed E-state index contributed by atoms with van der Waals surface area (Å²) in [7, 11) is 6.12. The van der Waals surface area contributed by atoms with Crippen LogP contribution in [0.2, 0.25) is 0 Å². The van der Waals surface area contributed by atoms with Gasteiger partial charge >= 0.3 is 0 Å². The first-order chi connectivity index (χ1) is 6.59. The van der Waals surface area contributed by atoms with Crippen LogP contribution in [0.25, 0.3) is 0 Å². The largest absolute Gasteiger partial charge is 0.311 e. The summed E-state index contributed by atoms with van der Waals surface area (Å²) in [6.07, 6.45) is 3.93. The van der Waals surface area contributed by atoms with E-state index in [0.29, 0.717) is 6.04 Å². The SMILES string of the molecule is CC(CNCc1cnn(C)c1)N(C)C. The Morgan fingerprint density at radius 3 is 2.79 bits per heavy atom. The fourth-order valence-electron chi connectivity index (χ4n) is 1.17. The lowest BCUT2D eigenvalue weighted by molar-refractivity contribution is 0.302. The first-order valence-corrected chi connectivity index (χ1v) is 4.94. The van der Waals surface area contributed by atoms with Crippen LogP contribution in [0.1, 0.15) is 12.5 Å². The predicted molar refractivity (Wildman–Crippen MR) is 58.1 cm³/mol. The van der Waals surface area contributed by atoms with Crippen LogP contribution < -0.4 is 5.32 Å². The highest BCUT2D eigenvalue weighted by atomic mass is 15.2. The number of hydrogen-bond acceptors (Lipinski definition) is 3. The standard InChI is InChI=1S/C10H20N4/c1-9(13(2)3)5-11-6-10-7-12-14(4)8-10/h7-9,11H,5-6H2,1-4H3. The van der Waals surface area contributed by atoms with Crippen molar-refractivity contribution in [2.24, 2.45) is 7.05 Å². The molecule has 0 radical (unpaired) electrons. The highest BCUT2D eigenvalue weighted by Crippen LogP contribution is 1.95. The van der Waals surface area contributed by atoms with Crippen molar-refractivity contribution in [3.63, 3.8) is 0 Å². The Balaban J connectivity index is 2.22. The molecule has 0 aromatic carbocycles. The minimum absolute atomic E-state index is 0.562. The van der Waals surface area contributed by atoms with Gasteiger partial charge < -0.3 is 10.2 Å². The molecule has 1 aromatic rings. The van der Waals surface area contributed by atoms with Crippen LogP contribution in [0.3, 0.4) is 0 Å². The van der Waals surface area contributed by atoms with Crippen LogP contribution in [0.5, 0.6) is 0 Å². The average Bonchev–Trinajstić information content (AvgIpc) is 2.51. The highest BCUT2D eigenvalue weighted by molar-refractivity contribution is 5.02. The van der Waals surface area contributed by atoms with Gasteiger partial charge in [-0.15, -0.1) is 0 Å². The maximum Gasteiger partial charge on any atom is 0.0534 e. The molecule has 0 saturated heterocycles. The summed E-state index contributed by atoms with van der Waals surface area (Å²) in [6, 6.07) is 0.562. The summed E-state index contributed by atoms with van der Waals surface area (Å²) in [4.78, 5) is 2.20. The van der Waals surface area contributed by atoms with E-state index in [-0.39, 0.29) is 0 Å². The Bertz CT molecular complexity index is 267. The first kappa shape index (κ1) is 11.2. The van der Waals surface area contributed by atoms with E-state index in [9.17, 15) is 0 Å². The summed E-state index contributed by atoms with van der Waals surface area (Å²) in [6.45, 7) is 4.10. The number of aromatic nitrogens is 2. The molecule has 1 atom stereocenters. The second kappa shape index (κ2) is 5.12. The van der Waals surface area contributed by atoms with Gasteiger partial charge in [-0.05, 0) is 21.0 Å². The summed E-state index contributed by atoms with van der Waals surface area (Å²) in [5, 5.41) is 7.52. The van der Waals surface area contributed by atoms with Gasteiger partial charge in [-0.2, -0.15) is 5.10 Å². The number of aryl methyl sites for hydroxylation is 1. The number of hydrogen-bond donors (Lipinski definition) is 1. The molecule has 0 fully saturated rings. The molecule has 0 spiro atoms. The van der Waals surface area contributed by atoms with E-state index in [1.807, 2.05) is 24.1 Å². The zero-order valence-electron chi connectivity index (χ0n) is 9.49. The van der Waals surface area contributed by atoms with E-state index < -0.39 is 0 Å². The molecule has 1 rings (SSSR count). The van der Waals surface area contributed by atoms with Gasteiger partial charge in [0.05, 0.1) is 6.20 Å². The Hall–Kier alpha value is -0.870. The number of rotatable bonds is 5. The van der Waals surface area contributed by atoms with Crippen molar-refractivity contribution in [2.45, 2.75) is 19.5 Å². The third kappa shape index (κ3) is 3.47. The molecule has 0 saturated carbocycles. The third-order valence-electron chi connectivity index (χ3n) is 2.41. The zero-order valence-corrected chi connectivity index (χ0v) is 9.49. The van der Waals surface area contributed by atoms with E-state index in [4.69, 9.17) is 0 Å². The van der Waals surface area contributed by atoms with Crippen LogP contribution >= 0.6 is 0 Å². The van der Waals surface area contributed by atoms with Crippen LogP contribution in [0.15, 0.2) is 12.4 Å². The summed E-state index contributed by atoms with van der Waals surface area (Å²) in [5.74, 6) is 0. The lowest BCUT2D eigenvalue weighted by atomic mass is 10.3. The molecule has 1 aromatic heterocycles. The molecule has 14 heavy (non-hydrogen) atoms. The summed E-state index contributed by atoms with van der Waals surface area (Å²) in [5.41, 5.74) is 1.23. The summed E-state index contributed by atoms with van der Waals surface area (Å²) >= 11 is 0. The quantitative estimate of drug-likeness (QED) is 0.742. The molecular weight excluding hydrogens is 176 g/mol. The van der Waals surface area contributed by atoms with Gasteiger partial charge in [0.15, 0.2) is 0 Å². The van der Waals surface area contributed by atoms with Crippen LogP contribution in [-0.2, 0) is 13.6 Å². The van der Waals surface area contributed by atoms with Crippen molar-refractivity contribution >= 4 is 0 Å². The normalized spacial score (nSPS) is 13.5. The Kier molecular flexibility index (Phi) is 4.10. The highest BCUT2D eigenvalue weighted by Gasteiger charge is 2.03. The van der Waals surface area contributed by atoms with E-state index >= 15 is 0 Å². The molecule has 4 nitrogen and oxygen atoms in total. The topological polar surface area (TPSA) is 33.1 Å². The lowest BCUT2D eigenvalue weighted by Gasteiger charge is -2.19.